The number of benzene rings is 1. The second-order valence-corrected chi connectivity index (χ2v) is 5.64. The lowest BCUT2D eigenvalue weighted by Crippen LogP contribution is -2.13. The molecule has 2 aromatic rings. The number of carbonyl (C=O) groups is 1. The Morgan fingerprint density at radius 2 is 2.05 bits per heavy atom. The molecule has 0 aliphatic rings. The first-order valence-electron chi connectivity index (χ1n) is 6.49. The van der Waals surface area contributed by atoms with Crippen LogP contribution < -0.4 is 10.1 Å². The van der Waals surface area contributed by atoms with Crippen molar-refractivity contribution in [2.45, 2.75) is 20.0 Å². The van der Waals surface area contributed by atoms with Crippen molar-refractivity contribution in [3.8, 4) is 11.6 Å². The first-order valence-corrected chi connectivity index (χ1v) is 7.24. The number of nitrogens with zero attached hydrogens (tertiary/aromatic N) is 1. The van der Waals surface area contributed by atoms with Crippen LogP contribution in [0.5, 0.6) is 11.6 Å². The van der Waals surface area contributed by atoms with Crippen molar-refractivity contribution in [1.82, 2.24) is 4.98 Å². The zero-order chi connectivity index (χ0) is 16.3. The summed E-state index contributed by atoms with van der Waals surface area (Å²) in [7, 11) is 0. The van der Waals surface area contributed by atoms with Gasteiger partial charge in [0, 0.05) is 11.2 Å². The predicted molar refractivity (Wildman–Crippen MR) is 86.1 cm³/mol. The number of hydrogen-bond donors (Lipinski definition) is 2. The van der Waals surface area contributed by atoms with Gasteiger partial charge in [0.15, 0.2) is 0 Å². The molecule has 116 valence electrons. The van der Waals surface area contributed by atoms with Crippen LogP contribution in [0.15, 0.2) is 30.5 Å². The summed E-state index contributed by atoms with van der Waals surface area (Å²) < 4.78 is 5.40. The highest BCUT2D eigenvalue weighted by molar-refractivity contribution is 6.32. The average molecular weight is 341 g/mol. The van der Waals surface area contributed by atoms with Crippen LogP contribution in [-0.4, -0.2) is 22.1 Å². The Labute approximate surface area is 137 Å². The third-order valence-electron chi connectivity index (χ3n) is 2.62. The Morgan fingerprint density at radius 3 is 2.68 bits per heavy atom. The zero-order valence-corrected chi connectivity index (χ0v) is 13.4. The molecule has 22 heavy (non-hydrogen) atoms. The lowest BCUT2D eigenvalue weighted by Gasteiger charge is -2.11. The second-order valence-electron chi connectivity index (χ2n) is 4.79. The van der Waals surface area contributed by atoms with Crippen LogP contribution in [0.1, 0.15) is 24.2 Å². The van der Waals surface area contributed by atoms with E-state index in [0.29, 0.717) is 5.02 Å². The van der Waals surface area contributed by atoms with E-state index in [-0.39, 0.29) is 34.0 Å². The van der Waals surface area contributed by atoms with Gasteiger partial charge < -0.3 is 15.2 Å². The molecular formula is C15H14Cl2N2O3. The summed E-state index contributed by atoms with van der Waals surface area (Å²) in [6.07, 6.45) is 1.27. The number of anilines is 1. The molecule has 2 rings (SSSR count). The van der Waals surface area contributed by atoms with Crippen LogP contribution in [0.25, 0.3) is 0 Å². The topological polar surface area (TPSA) is 71.5 Å². The summed E-state index contributed by atoms with van der Waals surface area (Å²) in [6, 6.07) is 5.80. The molecule has 7 heteroatoms. The molecule has 1 aromatic carbocycles. The van der Waals surface area contributed by atoms with Crippen LogP contribution in [-0.2, 0) is 0 Å². The number of phenols is 1. The van der Waals surface area contributed by atoms with E-state index in [1.165, 1.54) is 30.5 Å². The molecule has 0 atom stereocenters. The predicted octanol–water partition coefficient (Wildman–Crippen LogP) is 4.13. The van der Waals surface area contributed by atoms with Crippen molar-refractivity contribution >= 4 is 34.8 Å². The molecule has 1 heterocycles. The molecule has 0 saturated carbocycles. The third-order valence-corrected chi connectivity index (χ3v) is 3.13. The van der Waals surface area contributed by atoms with E-state index in [9.17, 15) is 9.90 Å². The molecule has 0 spiro atoms. The summed E-state index contributed by atoms with van der Waals surface area (Å²) >= 11 is 11.9. The fourth-order valence-electron chi connectivity index (χ4n) is 1.66. The molecule has 0 aliphatic carbocycles. The number of aromatic nitrogens is 1. The minimum Gasteiger partial charge on any atom is -0.506 e. The van der Waals surface area contributed by atoms with Gasteiger partial charge in [-0.2, -0.15) is 0 Å². The highest BCUT2D eigenvalue weighted by Crippen LogP contribution is 2.28. The lowest BCUT2D eigenvalue weighted by atomic mass is 10.2. The van der Waals surface area contributed by atoms with E-state index >= 15 is 0 Å². The monoisotopic (exact) mass is 340 g/mol. The van der Waals surface area contributed by atoms with E-state index in [1.54, 1.807) is 0 Å². The Hall–Kier alpha value is -1.98. The first kappa shape index (κ1) is 16.4. The average Bonchev–Trinajstić information content (AvgIpc) is 2.44. The molecule has 0 aliphatic heterocycles. The molecule has 2 N–H and O–H groups in total. The molecule has 1 aromatic heterocycles. The van der Waals surface area contributed by atoms with Crippen LogP contribution in [0.4, 0.5) is 5.69 Å². The zero-order valence-electron chi connectivity index (χ0n) is 11.9. The SMILES string of the molecule is CC(C)Oc1ncc(C(=O)Nc2cc(Cl)ccc2O)cc1Cl. The van der Waals surface area contributed by atoms with Crippen molar-refractivity contribution < 1.29 is 14.6 Å². The molecular weight excluding hydrogens is 327 g/mol. The van der Waals surface area contributed by atoms with Crippen LogP contribution in [0.3, 0.4) is 0 Å². The van der Waals surface area contributed by atoms with E-state index in [1.807, 2.05) is 13.8 Å². The number of phenolic OH excluding ortho intramolecular Hbond substituents is 1. The van der Waals surface area contributed by atoms with Crippen molar-refractivity contribution in [3.05, 3.63) is 46.1 Å². The van der Waals surface area contributed by atoms with E-state index in [0.717, 1.165) is 0 Å². The van der Waals surface area contributed by atoms with E-state index in [4.69, 9.17) is 27.9 Å². The van der Waals surface area contributed by atoms with Gasteiger partial charge >= 0.3 is 0 Å². The van der Waals surface area contributed by atoms with Gasteiger partial charge in [-0.25, -0.2) is 4.98 Å². The molecule has 5 nitrogen and oxygen atoms in total. The first-order chi connectivity index (χ1) is 10.4. The second kappa shape index (κ2) is 6.85. The van der Waals surface area contributed by atoms with Gasteiger partial charge in [-0.1, -0.05) is 23.2 Å². The lowest BCUT2D eigenvalue weighted by molar-refractivity contribution is 0.102. The number of rotatable bonds is 4. The van der Waals surface area contributed by atoms with Gasteiger partial charge in [0.25, 0.3) is 5.91 Å². The summed E-state index contributed by atoms with van der Waals surface area (Å²) in [5.41, 5.74) is 0.441. The Kier molecular flexibility index (Phi) is 5.11. The van der Waals surface area contributed by atoms with Gasteiger partial charge in [-0.15, -0.1) is 0 Å². The maximum atomic E-state index is 12.2. The number of aromatic hydroxyl groups is 1. The van der Waals surface area contributed by atoms with Gasteiger partial charge in [0.05, 0.1) is 17.4 Å². The highest BCUT2D eigenvalue weighted by Gasteiger charge is 2.13. The number of pyridine rings is 1. The van der Waals surface area contributed by atoms with Crippen molar-refractivity contribution in [1.29, 1.82) is 0 Å². The van der Waals surface area contributed by atoms with E-state index in [2.05, 4.69) is 10.3 Å². The molecule has 0 bridgehead atoms. The van der Waals surface area contributed by atoms with Crippen LogP contribution >= 0.6 is 23.2 Å². The molecule has 0 fully saturated rings. The van der Waals surface area contributed by atoms with Gasteiger partial charge in [-0.3, -0.25) is 4.79 Å². The minimum atomic E-state index is -0.469. The molecule has 1 amide bonds. The number of halogens is 2. The summed E-state index contributed by atoms with van der Waals surface area (Å²) in [4.78, 5) is 16.2. The minimum absolute atomic E-state index is 0.0758. The quantitative estimate of drug-likeness (QED) is 0.820. The third kappa shape index (κ3) is 4.02. The molecule has 0 saturated heterocycles. The van der Waals surface area contributed by atoms with Crippen molar-refractivity contribution in [3.63, 3.8) is 0 Å². The standard InChI is InChI=1S/C15H14Cl2N2O3/c1-8(2)22-15-11(17)5-9(7-18-15)14(21)19-12-6-10(16)3-4-13(12)20/h3-8,20H,1-2H3,(H,19,21). The summed E-state index contributed by atoms with van der Waals surface area (Å²) in [5.74, 6) is -0.293. The van der Waals surface area contributed by atoms with Crippen molar-refractivity contribution in [2.75, 3.05) is 5.32 Å². The normalized spacial score (nSPS) is 10.6. The van der Waals surface area contributed by atoms with E-state index < -0.39 is 5.91 Å². The largest absolute Gasteiger partial charge is 0.506 e. The number of carbonyl (C=O) groups excluding carboxylic acids is 1. The maximum absolute atomic E-state index is 12.2. The van der Waals surface area contributed by atoms with Crippen LogP contribution in [0.2, 0.25) is 10.0 Å². The number of hydrogen-bond acceptors (Lipinski definition) is 4. The molecule has 0 unspecified atom stereocenters. The smallest absolute Gasteiger partial charge is 0.257 e. The van der Waals surface area contributed by atoms with Crippen molar-refractivity contribution in [2.24, 2.45) is 0 Å². The van der Waals surface area contributed by atoms with Gasteiger partial charge in [-0.05, 0) is 38.1 Å². The molecule has 0 radical (unpaired) electrons. The van der Waals surface area contributed by atoms with Gasteiger partial charge in [0.1, 0.15) is 10.8 Å². The number of amides is 1. The fourth-order valence-corrected chi connectivity index (χ4v) is 2.05. The van der Waals surface area contributed by atoms with Crippen LogP contribution in [0, 0.1) is 0 Å². The fraction of sp³-hybridized carbons (Fsp3) is 0.200. The Bertz CT molecular complexity index is 705. The Balaban J connectivity index is 2.19. The maximum Gasteiger partial charge on any atom is 0.257 e. The number of ether oxygens (including phenoxy) is 1. The van der Waals surface area contributed by atoms with Gasteiger partial charge in [0.2, 0.25) is 5.88 Å². The Morgan fingerprint density at radius 1 is 1.32 bits per heavy atom. The number of nitrogens with one attached hydrogen (secondary N) is 1. The summed E-state index contributed by atoms with van der Waals surface area (Å²) in [6.45, 7) is 3.70. The summed E-state index contributed by atoms with van der Waals surface area (Å²) in [5, 5.41) is 12.9. The highest BCUT2D eigenvalue weighted by atomic mass is 35.5.